The average molecular weight is 308 g/mol. The van der Waals surface area contributed by atoms with Gasteiger partial charge in [0.2, 0.25) is 5.82 Å². The molecule has 0 fully saturated rings. The first kappa shape index (κ1) is 14.9. The maximum Gasteiger partial charge on any atom is 0.200 e. The summed E-state index contributed by atoms with van der Waals surface area (Å²) in [5.41, 5.74) is 1.73. The van der Waals surface area contributed by atoms with Crippen LogP contribution in [0.15, 0.2) is 11.4 Å². The molecule has 0 spiro atoms. The number of benzene rings is 1. The van der Waals surface area contributed by atoms with E-state index in [0.717, 1.165) is 11.3 Å². The predicted octanol–water partition coefficient (Wildman–Crippen LogP) is 3.30. The third-order valence-corrected chi connectivity index (χ3v) is 3.95. The Morgan fingerprint density at radius 2 is 1.50 bits per heavy atom. The summed E-state index contributed by atoms with van der Waals surface area (Å²) >= 11 is 1.10. The molecule has 0 bridgehead atoms. The van der Waals surface area contributed by atoms with E-state index in [0.29, 0.717) is 10.4 Å². The van der Waals surface area contributed by atoms with Gasteiger partial charge in [0, 0.05) is 4.88 Å². The molecule has 2 aromatic rings. The summed E-state index contributed by atoms with van der Waals surface area (Å²) in [6, 6.07) is 0.329. The van der Waals surface area contributed by atoms with E-state index in [2.05, 4.69) is 5.43 Å². The highest BCUT2D eigenvalue weighted by atomic mass is 32.1. The summed E-state index contributed by atoms with van der Waals surface area (Å²) in [5.74, 6) is -4.73. The highest BCUT2D eigenvalue weighted by Gasteiger charge is 2.31. The number of hydrogen-bond acceptors (Lipinski definition) is 3. The fourth-order valence-corrected chi connectivity index (χ4v) is 2.84. The van der Waals surface area contributed by atoms with Crippen LogP contribution in [0.5, 0.6) is 0 Å². The maximum atomic E-state index is 13.8. The molecule has 1 aromatic carbocycles. The molecule has 0 saturated heterocycles. The topological polar surface area (TPSA) is 38.0 Å². The van der Waals surface area contributed by atoms with Gasteiger partial charge in [-0.2, -0.15) is 0 Å². The van der Waals surface area contributed by atoms with E-state index in [9.17, 15) is 22.0 Å². The van der Waals surface area contributed by atoms with E-state index < -0.39 is 40.7 Å². The Kier molecular flexibility index (Phi) is 4.07. The molecule has 0 radical (unpaired) electrons. The number of thiophene rings is 1. The van der Waals surface area contributed by atoms with Gasteiger partial charge in [0.25, 0.3) is 0 Å². The van der Waals surface area contributed by atoms with Crippen LogP contribution in [0.1, 0.15) is 22.0 Å². The lowest BCUT2D eigenvalue weighted by atomic mass is 10.0. The third kappa shape index (κ3) is 2.19. The molecule has 3 N–H and O–H groups in total. The molecule has 1 unspecified atom stereocenters. The number of halogens is 5. The van der Waals surface area contributed by atoms with Crippen molar-refractivity contribution in [2.24, 2.45) is 5.84 Å². The third-order valence-electron chi connectivity index (χ3n) is 2.86. The lowest BCUT2D eigenvalue weighted by molar-refractivity contribution is 0.362. The number of hydrogen-bond donors (Lipinski definition) is 2. The van der Waals surface area contributed by atoms with Gasteiger partial charge < -0.3 is 0 Å². The molecular formula is C12H9F5N2S. The number of hydrazine groups is 1. The van der Waals surface area contributed by atoms with E-state index in [4.69, 9.17) is 5.84 Å². The molecule has 0 saturated carbocycles. The Morgan fingerprint density at radius 3 is 1.90 bits per heavy atom. The SMILES string of the molecule is Cc1ccsc1C(NN)c1c(F)c(F)c(F)c(F)c1F. The fourth-order valence-electron chi connectivity index (χ4n) is 1.85. The minimum Gasteiger partial charge on any atom is -0.271 e. The minimum atomic E-state index is -2.19. The normalized spacial score (nSPS) is 12.8. The average Bonchev–Trinajstić information content (AvgIpc) is 2.85. The number of nitrogens with two attached hydrogens (primary N) is 1. The van der Waals surface area contributed by atoms with Crippen molar-refractivity contribution in [3.05, 3.63) is 56.5 Å². The number of rotatable bonds is 3. The molecule has 0 aliphatic heterocycles. The molecule has 0 amide bonds. The van der Waals surface area contributed by atoms with E-state index >= 15 is 0 Å². The van der Waals surface area contributed by atoms with Gasteiger partial charge in [-0.1, -0.05) is 0 Å². The largest absolute Gasteiger partial charge is 0.271 e. The van der Waals surface area contributed by atoms with Gasteiger partial charge in [0.05, 0.1) is 11.6 Å². The molecule has 2 rings (SSSR count). The zero-order valence-electron chi connectivity index (χ0n) is 10.1. The van der Waals surface area contributed by atoms with E-state index in [1.807, 2.05) is 0 Å². The smallest absolute Gasteiger partial charge is 0.200 e. The quantitative estimate of drug-likeness (QED) is 0.300. The zero-order valence-corrected chi connectivity index (χ0v) is 10.9. The van der Waals surface area contributed by atoms with E-state index in [1.165, 1.54) is 0 Å². The predicted molar refractivity (Wildman–Crippen MR) is 64.5 cm³/mol. The zero-order chi connectivity index (χ0) is 15.0. The summed E-state index contributed by atoms with van der Waals surface area (Å²) in [5, 5.41) is 1.63. The van der Waals surface area contributed by atoms with Crippen molar-refractivity contribution in [2.75, 3.05) is 0 Å². The second kappa shape index (κ2) is 5.47. The molecule has 0 aliphatic rings. The molecule has 2 nitrogen and oxygen atoms in total. The van der Waals surface area contributed by atoms with Crippen molar-refractivity contribution in [1.29, 1.82) is 0 Å². The first-order valence-corrected chi connectivity index (χ1v) is 6.29. The summed E-state index contributed by atoms with van der Waals surface area (Å²) in [6.45, 7) is 1.64. The summed E-state index contributed by atoms with van der Waals surface area (Å²) < 4.78 is 66.9. The van der Waals surface area contributed by atoms with Crippen LogP contribution in [0.4, 0.5) is 22.0 Å². The van der Waals surface area contributed by atoms with E-state index in [-0.39, 0.29) is 0 Å². The molecule has 0 aliphatic carbocycles. The molecule has 20 heavy (non-hydrogen) atoms. The van der Waals surface area contributed by atoms with Crippen LogP contribution in [0.25, 0.3) is 0 Å². The molecule has 1 heterocycles. The van der Waals surface area contributed by atoms with Crippen LogP contribution in [0.2, 0.25) is 0 Å². The van der Waals surface area contributed by atoms with Gasteiger partial charge >= 0.3 is 0 Å². The van der Waals surface area contributed by atoms with Gasteiger partial charge in [-0.3, -0.25) is 5.84 Å². The van der Waals surface area contributed by atoms with Crippen LogP contribution in [0, 0.1) is 36.0 Å². The Hall–Kier alpha value is -1.51. The van der Waals surface area contributed by atoms with Crippen molar-refractivity contribution < 1.29 is 22.0 Å². The van der Waals surface area contributed by atoms with Crippen molar-refractivity contribution in [2.45, 2.75) is 13.0 Å². The minimum absolute atomic E-state index is 0.371. The molecule has 1 atom stereocenters. The molecule has 8 heteroatoms. The Morgan fingerprint density at radius 1 is 1.00 bits per heavy atom. The van der Waals surface area contributed by atoms with Gasteiger partial charge in [0.1, 0.15) is 0 Å². The van der Waals surface area contributed by atoms with Crippen molar-refractivity contribution in [1.82, 2.24) is 5.43 Å². The van der Waals surface area contributed by atoms with Crippen LogP contribution in [-0.4, -0.2) is 0 Å². The van der Waals surface area contributed by atoms with Crippen molar-refractivity contribution in [3.63, 3.8) is 0 Å². The fraction of sp³-hybridized carbons (Fsp3) is 0.167. The Balaban J connectivity index is 2.71. The summed E-state index contributed by atoms with van der Waals surface area (Å²) in [4.78, 5) is 0.371. The van der Waals surface area contributed by atoms with Gasteiger partial charge in [-0.15, -0.1) is 11.3 Å². The first-order valence-electron chi connectivity index (χ1n) is 5.41. The Bertz CT molecular complexity index is 627. The molecule has 108 valence electrons. The van der Waals surface area contributed by atoms with Crippen LogP contribution in [0.3, 0.4) is 0 Å². The van der Waals surface area contributed by atoms with Gasteiger partial charge in [-0.25, -0.2) is 27.4 Å². The second-order valence-electron chi connectivity index (χ2n) is 4.05. The van der Waals surface area contributed by atoms with Crippen LogP contribution < -0.4 is 11.3 Å². The highest BCUT2D eigenvalue weighted by molar-refractivity contribution is 7.10. The number of nitrogens with one attached hydrogen (secondary N) is 1. The first-order chi connectivity index (χ1) is 9.40. The standard InChI is InChI=1S/C12H9F5N2S/c1-4-2-3-20-12(4)11(19-18)5-6(13)8(15)10(17)9(16)7(5)14/h2-3,11,19H,18H2,1H3. The van der Waals surface area contributed by atoms with Crippen LogP contribution in [-0.2, 0) is 0 Å². The van der Waals surface area contributed by atoms with Gasteiger partial charge in [0.15, 0.2) is 23.3 Å². The summed E-state index contributed by atoms with van der Waals surface area (Å²) in [7, 11) is 0. The highest BCUT2D eigenvalue weighted by Crippen LogP contribution is 2.34. The number of aryl methyl sites for hydroxylation is 1. The van der Waals surface area contributed by atoms with Crippen molar-refractivity contribution >= 4 is 11.3 Å². The van der Waals surface area contributed by atoms with Crippen LogP contribution >= 0.6 is 11.3 Å². The molecule has 1 aromatic heterocycles. The Labute approximate surface area is 115 Å². The lowest BCUT2D eigenvalue weighted by Gasteiger charge is -2.18. The summed E-state index contributed by atoms with van der Waals surface area (Å²) in [6.07, 6.45) is 0. The molecular weight excluding hydrogens is 299 g/mol. The van der Waals surface area contributed by atoms with E-state index in [1.54, 1.807) is 18.4 Å². The maximum absolute atomic E-state index is 13.8. The monoisotopic (exact) mass is 308 g/mol. The lowest BCUT2D eigenvalue weighted by Crippen LogP contribution is -2.31. The van der Waals surface area contributed by atoms with Gasteiger partial charge in [-0.05, 0) is 23.9 Å². The second-order valence-corrected chi connectivity index (χ2v) is 5.00. The van der Waals surface area contributed by atoms with Crippen molar-refractivity contribution in [3.8, 4) is 0 Å².